The summed E-state index contributed by atoms with van der Waals surface area (Å²) in [4.78, 5) is 0. The van der Waals surface area contributed by atoms with Crippen LogP contribution in [0.5, 0.6) is 0 Å². The molecule has 0 unspecified atom stereocenters. The summed E-state index contributed by atoms with van der Waals surface area (Å²) in [7, 11) is 0. The first-order valence-corrected chi connectivity index (χ1v) is 2.00. The maximum atomic E-state index is 9.09. The summed E-state index contributed by atoms with van der Waals surface area (Å²) in [6.07, 6.45) is 0. The molecular weight excluding hydrogens is 103 g/mol. The first kappa shape index (κ1) is 5.69. The Morgan fingerprint density at radius 2 is 2.33 bits per heavy atom. The smallest absolute Gasteiger partial charge is 0.0731 e. The summed E-state index contributed by atoms with van der Waals surface area (Å²) in [6.45, 7) is 0.324. The van der Waals surface area contributed by atoms with E-state index in [9.17, 15) is 0 Å². The summed E-state index contributed by atoms with van der Waals surface area (Å²) in [5, 5.41) is 14.3. The van der Waals surface area contributed by atoms with E-state index in [1.807, 2.05) is 0 Å². The predicted octanol–water partition coefficient (Wildman–Crippen LogP) is 1.18. The second-order valence-corrected chi connectivity index (χ2v) is 1.01. The molecule has 0 amide bonds. The van der Waals surface area contributed by atoms with Gasteiger partial charge in [0.05, 0.1) is 6.54 Å². The Balaban J connectivity index is 2.66. The zero-order chi connectivity index (χ0) is 4.83. The van der Waals surface area contributed by atoms with E-state index in [1.54, 1.807) is 0 Å². The van der Waals surface area contributed by atoms with Gasteiger partial charge in [0, 0.05) is 5.88 Å². The monoisotopic (exact) mass is 107 g/mol. The number of rotatable bonds is 2. The van der Waals surface area contributed by atoms with Crippen molar-refractivity contribution in [1.29, 1.82) is 0 Å². The van der Waals surface area contributed by atoms with Crippen molar-refractivity contribution in [2.45, 2.75) is 0 Å². The molecule has 0 aromatic rings. The minimum absolute atomic E-state index is 0.324. The highest BCUT2D eigenvalue weighted by atomic mass is 35.5. The molecule has 0 spiro atoms. The van der Waals surface area contributed by atoms with Crippen molar-refractivity contribution in [2.75, 3.05) is 12.4 Å². The Labute approximate surface area is 40.6 Å². The molecule has 0 heterocycles. The second kappa shape index (κ2) is 4.69. The van der Waals surface area contributed by atoms with E-state index in [4.69, 9.17) is 16.8 Å². The van der Waals surface area contributed by atoms with Gasteiger partial charge >= 0.3 is 0 Å². The predicted molar refractivity (Wildman–Crippen MR) is 23.8 cm³/mol. The maximum Gasteiger partial charge on any atom is 0.0731 e. The fourth-order valence-electron chi connectivity index (χ4n) is 0.0786. The molecule has 0 rings (SSSR count). The molecule has 4 heteroatoms. The van der Waals surface area contributed by atoms with Crippen molar-refractivity contribution < 1.29 is 0 Å². The van der Waals surface area contributed by atoms with Gasteiger partial charge in [-0.05, 0) is 0 Å². The number of halogens is 1. The molecule has 3 nitrogen and oxygen atoms in total. The molecule has 0 saturated heterocycles. The van der Waals surface area contributed by atoms with Gasteiger partial charge in [-0.3, -0.25) is 0 Å². The summed E-state index contributed by atoms with van der Waals surface area (Å²) in [6, 6.07) is 0. The van der Waals surface area contributed by atoms with Crippen LogP contribution < -0.4 is 0 Å². The third-order valence-corrected chi connectivity index (χ3v) is 0.411. The quantitative estimate of drug-likeness (QED) is 0.297. The Morgan fingerprint density at radius 1 is 1.67 bits per heavy atom. The van der Waals surface area contributed by atoms with Gasteiger partial charge in [-0.1, -0.05) is 0 Å². The zero-order valence-electron chi connectivity index (χ0n) is 3.09. The molecule has 0 radical (unpaired) electrons. The van der Waals surface area contributed by atoms with Crippen LogP contribution in [0.3, 0.4) is 0 Å². The normalized spacial score (nSPS) is 10.2. The summed E-state index contributed by atoms with van der Waals surface area (Å²) in [5.41, 5.74) is 0. The van der Waals surface area contributed by atoms with Crippen molar-refractivity contribution in [2.24, 2.45) is 10.4 Å². The van der Waals surface area contributed by atoms with Gasteiger partial charge in [-0.25, -0.2) is 5.28 Å². The molecule has 0 saturated carbocycles. The Kier molecular flexibility index (Phi) is 4.45. The van der Waals surface area contributed by atoms with Crippen LogP contribution in [0, 0.1) is 5.21 Å². The average Bonchev–Trinajstić information content (AvgIpc) is 1.61. The lowest BCUT2D eigenvalue weighted by molar-refractivity contribution is 1.01. The lowest BCUT2D eigenvalue weighted by Crippen LogP contribution is -1.74. The first-order chi connectivity index (χ1) is 2.91. The van der Waals surface area contributed by atoms with E-state index < -0.39 is 0 Å². The maximum absolute atomic E-state index is 9.09. The highest BCUT2D eigenvalue weighted by Crippen LogP contribution is 1.75. The summed E-state index contributed by atoms with van der Waals surface area (Å²) in [5.74, 6) is 0.367. The second-order valence-electron chi connectivity index (χ2n) is 0.636. The van der Waals surface area contributed by atoms with Gasteiger partial charge in [0.15, 0.2) is 0 Å². The Morgan fingerprint density at radius 3 is 2.50 bits per heavy atom. The van der Waals surface area contributed by atoms with Crippen LogP contribution in [0.1, 0.15) is 0 Å². The molecule has 0 atom stereocenters. The van der Waals surface area contributed by atoms with Gasteiger partial charge in [-0.15, -0.1) is 11.6 Å². The number of alkyl halides is 1. The van der Waals surface area contributed by atoms with E-state index in [-0.39, 0.29) is 0 Å². The molecule has 0 aliphatic heterocycles. The standard InChI is InChI=1S/C2H5ClN2O/c3-1-2-4-5-6/h1-2H2,(H,4,6)/p-1. The molecule has 6 heavy (non-hydrogen) atoms. The van der Waals surface area contributed by atoms with Crippen molar-refractivity contribution >= 4 is 11.6 Å². The van der Waals surface area contributed by atoms with E-state index in [0.29, 0.717) is 12.4 Å². The molecule has 0 fully saturated rings. The minimum atomic E-state index is 0.324. The third-order valence-electron chi connectivity index (χ3n) is 0.242. The van der Waals surface area contributed by atoms with Crippen molar-refractivity contribution in [3.8, 4) is 0 Å². The van der Waals surface area contributed by atoms with Gasteiger partial charge in [0.2, 0.25) is 0 Å². The van der Waals surface area contributed by atoms with Gasteiger partial charge in [0.1, 0.15) is 0 Å². The molecule has 0 aromatic heterocycles. The largest absolute Gasteiger partial charge is 0.775 e. The lowest BCUT2D eigenvalue weighted by atomic mass is 10.8. The summed E-state index contributed by atoms with van der Waals surface area (Å²) < 4.78 is 0. The van der Waals surface area contributed by atoms with Crippen LogP contribution in [-0.4, -0.2) is 12.4 Å². The van der Waals surface area contributed by atoms with E-state index in [2.05, 4.69) is 10.4 Å². The van der Waals surface area contributed by atoms with Crippen LogP contribution in [0.15, 0.2) is 10.4 Å². The lowest BCUT2D eigenvalue weighted by Gasteiger charge is -1.83. The molecule has 0 aliphatic rings. The van der Waals surface area contributed by atoms with Crippen LogP contribution >= 0.6 is 11.6 Å². The van der Waals surface area contributed by atoms with Crippen LogP contribution in [0.25, 0.3) is 0 Å². The highest BCUT2D eigenvalue weighted by Gasteiger charge is 1.67. The number of nitrogens with zero attached hydrogens (tertiary/aromatic N) is 2. The molecular formula is C2H4ClN2O-. The Hall–Kier alpha value is -0.310. The van der Waals surface area contributed by atoms with Crippen molar-refractivity contribution in [3.05, 3.63) is 5.21 Å². The molecule has 0 aromatic carbocycles. The molecule has 0 aliphatic carbocycles. The van der Waals surface area contributed by atoms with Crippen molar-refractivity contribution in [3.63, 3.8) is 0 Å². The molecule has 0 bridgehead atoms. The fourth-order valence-corrected chi connectivity index (χ4v) is 0.154. The van der Waals surface area contributed by atoms with E-state index in [0.717, 1.165) is 0 Å². The summed E-state index contributed by atoms with van der Waals surface area (Å²) >= 11 is 5.09. The van der Waals surface area contributed by atoms with Crippen molar-refractivity contribution in [1.82, 2.24) is 0 Å². The van der Waals surface area contributed by atoms with Crippen LogP contribution in [-0.2, 0) is 0 Å². The third kappa shape index (κ3) is 3.69. The first-order valence-electron chi connectivity index (χ1n) is 1.47. The van der Waals surface area contributed by atoms with Gasteiger partial charge in [-0.2, -0.15) is 5.11 Å². The zero-order valence-corrected chi connectivity index (χ0v) is 3.85. The molecule has 36 valence electrons. The van der Waals surface area contributed by atoms with Gasteiger partial charge in [0.25, 0.3) is 0 Å². The number of hydrogen-bond donors (Lipinski definition) is 0. The minimum Gasteiger partial charge on any atom is -0.775 e. The highest BCUT2D eigenvalue weighted by molar-refractivity contribution is 6.18. The number of hydrogen-bond acceptors (Lipinski definition) is 3. The van der Waals surface area contributed by atoms with E-state index >= 15 is 0 Å². The fraction of sp³-hybridized carbons (Fsp3) is 1.00. The van der Waals surface area contributed by atoms with Gasteiger partial charge < -0.3 is 5.21 Å². The Bertz CT molecular complexity index is 46.8. The van der Waals surface area contributed by atoms with E-state index in [1.165, 1.54) is 0 Å². The topological polar surface area (TPSA) is 47.8 Å². The van der Waals surface area contributed by atoms with Crippen LogP contribution in [0.2, 0.25) is 0 Å². The average molecular weight is 108 g/mol. The van der Waals surface area contributed by atoms with Crippen LogP contribution in [0.4, 0.5) is 0 Å². The molecule has 0 N–H and O–H groups in total. The SMILES string of the molecule is [O-]N=NCCCl.